The molecule has 0 saturated carbocycles. The van der Waals surface area contributed by atoms with Gasteiger partial charge in [-0.15, -0.1) is 0 Å². The zero-order valence-corrected chi connectivity index (χ0v) is 12.9. The number of ether oxygens (including phenoxy) is 1. The Kier molecular flexibility index (Phi) is 4.42. The van der Waals surface area contributed by atoms with Gasteiger partial charge in [-0.1, -0.05) is 0 Å². The fourth-order valence-corrected chi connectivity index (χ4v) is 2.10. The van der Waals surface area contributed by atoms with Crippen LogP contribution < -0.4 is 10.5 Å². The highest BCUT2D eigenvalue weighted by Crippen LogP contribution is 2.31. The summed E-state index contributed by atoms with van der Waals surface area (Å²) in [4.78, 5) is 0. The van der Waals surface area contributed by atoms with E-state index in [9.17, 15) is 4.39 Å². The molecule has 100 valence electrons. The third kappa shape index (κ3) is 3.45. The molecule has 0 bridgehead atoms. The number of halogens is 2. The second-order valence-corrected chi connectivity index (χ2v) is 5.73. The SMILES string of the molecule is Cc1cc(Oc2ccc(I)cc2)c(C(C)N)cc1F. The maximum absolute atomic E-state index is 13.6. The molecule has 0 fully saturated rings. The molecule has 2 aromatic carbocycles. The van der Waals surface area contributed by atoms with Gasteiger partial charge in [0.05, 0.1) is 0 Å². The Morgan fingerprint density at radius 3 is 2.42 bits per heavy atom. The smallest absolute Gasteiger partial charge is 0.132 e. The molecule has 2 nitrogen and oxygen atoms in total. The lowest BCUT2D eigenvalue weighted by molar-refractivity contribution is 0.468. The van der Waals surface area contributed by atoms with Crippen molar-refractivity contribution in [1.29, 1.82) is 0 Å². The van der Waals surface area contributed by atoms with Gasteiger partial charge in [-0.25, -0.2) is 4.39 Å². The van der Waals surface area contributed by atoms with Crippen LogP contribution in [0.15, 0.2) is 36.4 Å². The quantitative estimate of drug-likeness (QED) is 0.804. The van der Waals surface area contributed by atoms with Crippen molar-refractivity contribution in [3.05, 3.63) is 56.9 Å². The fraction of sp³-hybridized carbons (Fsp3) is 0.200. The highest BCUT2D eigenvalue weighted by molar-refractivity contribution is 14.1. The molecular formula is C15H15FINO. The van der Waals surface area contributed by atoms with Crippen molar-refractivity contribution in [1.82, 2.24) is 0 Å². The zero-order valence-electron chi connectivity index (χ0n) is 10.8. The van der Waals surface area contributed by atoms with Crippen molar-refractivity contribution in [3.8, 4) is 11.5 Å². The number of nitrogens with two attached hydrogens (primary N) is 1. The topological polar surface area (TPSA) is 35.2 Å². The largest absolute Gasteiger partial charge is 0.457 e. The predicted octanol–water partition coefficient (Wildman–Crippen LogP) is 4.55. The molecule has 19 heavy (non-hydrogen) atoms. The Balaban J connectivity index is 2.38. The summed E-state index contributed by atoms with van der Waals surface area (Å²) in [6, 6.07) is 10.5. The summed E-state index contributed by atoms with van der Waals surface area (Å²) in [7, 11) is 0. The summed E-state index contributed by atoms with van der Waals surface area (Å²) >= 11 is 2.23. The number of hydrogen-bond donors (Lipinski definition) is 1. The summed E-state index contributed by atoms with van der Waals surface area (Å²) in [6.45, 7) is 3.52. The van der Waals surface area contributed by atoms with Crippen LogP contribution in [0.3, 0.4) is 0 Å². The molecule has 0 amide bonds. The lowest BCUT2D eigenvalue weighted by atomic mass is 10.1. The van der Waals surface area contributed by atoms with Gasteiger partial charge in [0.2, 0.25) is 0 Å². The molecule has 0 aliphatic rings. The molecule has 0 heterocycles. The van der Waals surface area contributed by atoms with E-state index < -0.39 is 0 Å². The van der Waals surface area contributed by atoms with Crippen LogP contribution in [0.25, 0.3) is 0 Å². The summed E-state index contributed by atoms with van der Waals surface area (Å²) in [5.74, 6) is 1.06. The molecule has 4 heteroatoms. The van der Waals surface area contributed by atoms with Crippen LogP contribution >= 0.6 is 22.6 Å². The van der Waals surface area contributed by atoms with Gasteiger partial charge in [-0.2, -0.15) is 0 Å². The predicted molar refractivity (Wildman–Crippen MR) is 83.0 cm³/mol. The maximum Gasteiger partial charge on any atom is 0.132 e. The lowest BCUT2D eigenvalue weighted by Gasteiger charge is -2.15. The van der Waals surface area contributed by atoms with E-state index in [-0.39, 0.29) is 11.9 Å². The summed E-state index contributed by atoms with van der Waals surface area (Å²) in [5, 5.41) is 0. The van der Waals surface area contributed by atoms with Gasteiger partial charge in [0.15, 0.2) is 0 Å². The van der Waals surface area contributed by atoms with Crippen LogP contribution in [-0.2, 0) is 0 Å². The van der Waals surface area contributed by atoms with Crippen LogP contribution in [-0.4, -0.2) is 0 Å². The molecule has 2 N–H and O–H groups in total. The van der Waals surface area contributed by atoms with Gasteiger partial charge < -0.3 is 10.5 Å². The van der Waals surface area contributed by atoms with Gasteiger partial charge in [0, 0.05) is 15.2 Å². The van der Waals surface area contributed by atoms with Crippen molar-refractivity contribution in [2.75, 3.05) is 0 Å². The van der Waals surface area contributed by atoms with E-state index in [0.29, 0.717) is 22.6 Å². The number of benzene rings is 2. The highest BCUT2D eigenvalue weighted by atomic mass is 127. The fourth-order valence-electron chi connectivity index (χ4n) is 1.74. The minimum Gasteiger partial charge on any atom is -0.457 e. The molecule has 0 aliphatic heterocycles. The average molecular weight is 371 g/mol. The van der Waals surface area contributed by atoms with E-state index >= 15 is 0 Å². The molecule has 0 spiro atoms. The molecule has 1 unspecified atom stereocenters. The Bertz CT molecular complexity index is 581. The Morgan fingerprint density at radius 2 is 1.84 bits per heavy atom. The van der Waals surface area contributed by atoms with Crippen LogP contribution in [0.1, 0.15) is 24.1 Å². The normalized spacial score (nSPS) is 12.3. The lowest BCUT2D eigenvalue weighted by Crippen LogP contribution is -2.08. The van der Waals surface area contributed by atoms with Crippen molar-refractivity contribution >= 4 is 22.6 Å². The van der Waals surface area contributed by atoms with E-state index in [1.807, 2.05) is 31.2 Å². The van der Waals surface area contributed by atoms with Crippen molar-refractivity contribution < 1.29 is 9.13 Å². The first-order chi connectivity index (χ1) is 8.97. The van der Waals surface area contributed by atoms with E-state index in [0.717, 1.165) is 3.57 Å². The van der Waals surface area contributed by atoms with E-state index in [4.69, 9.17) is 10.5 Å². The van der Waals surface area contributed by atoms with E-state index in [1.165, 1.54) is 6.07 Å². The molecule has 0 aliphatic carbocycles. The first-order valence-electron chi connectivity index (χ1n) is 5.96. The Hall–Kier alpha value is -1.14. The molecule has 0 saturated heterocycles. The van der Waals surface area contributed by atoms with Crippen molar-refractivity contribution in [2.24, 2.45) is 5.73 Å². The van der Waals surface area contributed by atoms with Crippen LogP contribution in [0.4, 0.5) is 4.39 Å². The van der Waals surface area contributed by atoms with Crippen molar-refractivity contribution in [3.63, 3.8) is 0 Å². The summed E-state index contributed by atoms with van der Waals surface area (Å²) in [5.41, 5.74) is 7.08. The summed E-state index contributed by atoms with van der Waals surface area (Å²) < 4.78 is 20.5. The molecule has 0 radical (unpaired) electrons. The van der Waals surface area contributed by atoms with Crippen LogP contribution in [0, 0.1) is 16.3 Å². The minimum absolute atomic E-state index is 0.262. The van der Waals surface area contributed by atoms with Crippen LogP contribution in [0.5, 0.6) is 11.5 Å². The average Bonchev–Trinajstić information content (AvgIpc) is 2.36. The number of aryl methyl sites for hydroxylation is 1. The molecule has 1 atom stereocenters. The maximum atomic E-state index is 13.6. The molecule has 2 rings (SSSR count). The van der Waals surface area contributed by atoms with E-state index in [2.05, 4.69) is 22.6 Å². The Morgan fingerprint density at radius 1 is 1.21 bits per heavy atom. The molecular weight excluding hydrogens is 356 g/mol. The van der Waals surface area contributed by atoms with Crippen LogP contribution in [0.2, 0.25) is 0 Å². The summed E-state index contributed by atoms with van der Waals surface area (Å²) in [6.07, 6.45) is 0. The zero-order chi connectivity index (χ0) is 14.0. The molecule has 0 aromatic heterocycles. The third-order valence-electron chi connectivity index (χ3n) is 2.82. The molecule has 2 aromatic rings. The van der Waals surface area contributed by atoms with Gasteiger partial charge in [0.25, 0.3) is 0 Å². The van der Waals surface area contributed by atoms with Gasteiger partial charge in [-0.05, 0) is 78.4 Å². The van der Waals surface area contributed by atoms with Gasteiger partial charge >= 0.3 is 0 Å². The monoisotopic (exact) mass is 371 g/mol. The second-order valence-electron chi connectivity index (χ2n) is 4.48. The number of hydrogen-bond acceptors (Lipinski definition) is 2. The van der Waals surface area contributed by atoms with E-state index in [1.54, 1.807) is 13.0 Å². The van der Waals surface area contributed by atoms with Gasteiger partial charge in [-0.3, -0.25) is 0 Å². The van der Waals surface area contributed by atoms with Gasteiger partial charge in [0.1, 0.15) is 17.3 Å². The first-order valence-corrected chi connectivity index (χ1v) is 7.04. The third-order valence-corrected chi connectivity index (χ3v) is 3.54. The standard InChI is InChI=1S/C15H15FINO/c1-9-7-15(13(10(2)18)8-14(9)16)19-12-5-3-11(17)4-6-12/h3-8,10H,18H2,1-2H3. The second kappa shape index (κ2) is 5.88. The highest BCUT2D eigenvalue weighted by Gasteiger charge is 2.12. The minimum atomic E-state index is -0.283. The first kappa shape index (κ1) is 14.3. The number of rotatable bonds is 3. The Labute approximate surface area is 125 Å². The van der Waals surface area contributed by atoms with Crippen molar-refractivity contribution in [2.45, 2.75) is 19.9 Å².